The first kappa shape index (κ1) is 16.4. The Balaban J connectivity index is 1.56. The summed E-state index contributed by atoms with van der Waals surface area (Å²) < 4.78 is 24.5. The van der Waals surface area contributed by atoms with Crippen LogP contribution >= 0.6 is 0 Å². The lowest BCUT2D eigenvalue weighted by atomic mass is 10.2. The molecule has 9 heteroatoms. The predicted molar refractivity (Wildman–Crippen MR) is 87.5 cm³/mol. The number of rotatable bonds is 4. The van der Waals surface area contributed by atoms with Gasteiger partial charge in [0.05, 0.1) is 18.1 Å². The molecule has 128 valence electrons. The topological polar surface area (TPSA) is 110 Å². The number of carbonyl (C=O) groups is 2. The zero-order chi connectivity index (χ0) is 17.3. The normalized spacial score (nSPS) is 19.3. The summed E-state index contributed by atoms with van der Waals surface area (Å²) >= 11 is 0. The maximum Gasteiger partial charge on any atom is 0.271 e. The number of nitrogens with one attached hydrogen (secondary N) is 2. The SMILES string of the molecule is Cc1cccc2nc(C(=O)NCC(=O)N[C@@H]3CCS(=O)(=O)C3)cn12. The summed E-state index contributed by atoms with van der Waals surface area (Å²) in [6.45, 7) is 1.68. The van der Waals surface area contributed by atoms with E-state index in [1.54, 1.807) is 16.7 Å². The molecule has 0 spiro atoms. The predicted octanol–water partition coefficient (Wildman–Crippen LogP) is -0.324. The Bertz CT molecular complexity index is 903. The van der Waals surface area contributed by atoms with Gasteiger partial charge in [0.1, 0.15) is 11.3 Å². The minimum Gasteiger partial charge on any atom is -0.351 e. The molecule has 0 aromatic carbocycles. The number of aryl methyl sites for hydroxylation is 1. The highest BCUT2D eigenvalue weighted by molar-refractivity contribution is 7.91. The Morgan fingerprint density at radius 3 is 2.83 bits per heavy atom. The van der Waals surface area contributed by atoms with E-state index in [1.165, 1.54) is 0 Å². The molecule has 8 nitrogen and oxygen atoms in total. The van der Waals surface area contributed by atoms with Crippen molar-refractivity contribution in [2.75, 3.05) is 18.1 Å². The average molecular weight is 350 g/mol. The molecule has 0 saturated carbocycles. The van der Waals surface area contributed by atoms with Gasteiger partial charge in [-0.25, -0.2) is 13.4 Å². The van der Waals surface area contributed by atoms with Crippen LogP contribution in [0.2, 0.25) is 0 Å². The van der Waals surface area contributed by atoms with Gasteiger partial charge in [0.25, 0.3) is 5.91 Å². The van der Waals surface area contributed by atoms with Crippen LogP contribution < -0.4 is 10.6 Å². The quantitative estimate of drug-likeness (QED) is 0.785. The standard InChI is InChI=1S/C15H18N4O4S/c1-10-3-2-4-13-18-12(8-19(10)13)15(21)16-7-14(20)17-11-5-6-24(22,23)9-11/h2-4,8,11H,5-7,9H2,1H3,(H,16,21)(H,17,20)/t11-/m1/s1. The Morgan fingerprint density at radius 2 is 2.17 bits per heavy atom. The van der Waals surface area contributed by atoms with Gasteiger partial charge >= 0.3 is 0 Å². The summed E-state index contributed by atoms with van der Waals surface area (Å²) in [5.41, 5.74) is 1.82. The third-order valence-electron chi connectivity index (χ3n) is 3.94. The van der Waals surface area contributed by atoms with Crippen LogP contribution in [0.25, 0.3) is 5.65 Å². The van der Waals surface area contributed by atoms with Crippen LogP contribution in [0.4, 0.5) is 0 Å². The first-order valence-corrected chi connectivity index (χ1v) is 9.39. The van der Waals surface area contributed by atoms with Gasteiger partial charge in [0.2, 0.25) is 5.91 Å². The minimum absolute atomic E-state index is 0.0433. The van der Waals surface area contributed by atoms with Crippen LogP contribution in [-0.4, -0.2) is 53.7 Å². The lowest BCUT2D eigenvalue weighted by molar-refractivity contribution is -0.120. The molecule has 2 N–H and O–H groups in total. The van der Waals surface area contributed by atoms with Crippen LogP contribution in [0.5, 0.6) is 0 Å². The molecule has 3 rings (SSSR count). The number of sulfone groups is 1. The molecule has 2 amide bonds. The van der Waals surface area contributed by atoms with Gasteiger partial charge in [0.15, 0.2) is 9.84 Å². The second-order valence-electron chi connectivity index (χ2n) is 5.87. The van der Waals surface area contributed by atoms with Gasteiger partial charge in [-0.05, 0) is 25.5 Å². The van der Waals surface area contributed by atoms with E-state index >= 15 is 0 Å². The number of hydrogen-bond acceptors (Lipinski definition) is 5. The number of carbonyl (C=O) groups excluding carboxylic acids is 2. The second-order valence-corrected chi connectivity index (χ2v) is 8.10. The summed E-state index contributed by atoms with van der Waals surface area (Å²) in [6, 6.07) is 5.16. The Kier molecular flexibility index (Phi) is 4.27. The number of fused-ring (bicyclic) bond motifs is 1. The first-order chi connectivity index (χ1) is 11.3. The maximum atomic E-state index is 12.1. The van der Waals surface area contributed by atoms with E-state index in [1.807, 2.05) is 19.1 Å². The fraction of sp³-hybridized carbons (Fsp3) is 0.400. The van der Waals surface area contributed by atoms with Gasteiger partial charge in [-0.15, -0.1) is 0 Å². The molecular weight excluding hydrogens is 332 g/mol. The van der Waals surface area contributed by atoms with Crippen molar-refractivity contribution in [3.8, 4) is 0 Å². The number of nitrogens with zero attached hydrogens (tertiary/aromatic N) is 2. The van der Waals surface area contributed by atoms with E-state index < -0.39 is 21.7 Å². The number of amides is 2. The van der Waals surface area contributed by atoms with Crippen LogP contribution in [-0.2, 0) is 14.6 Å². The number of pyridine rings is 1. The van der Waals surface area contributed by atoms with E-state index in [9.17, 15) is 18.0 Å². The van der Waals surface area contributed by atoms with Gasteiger partial charge < -0.3 is 15.0 Å². The van der Waals surface area contributed by atoms with Crippen molar-refractivity contribution >= 4 is 27.3 Å². The monoisotopic (exact) mass is 350 g/mol. The molecule has 24 heavy (non-hydrogen) atoms. The lowest BCUT2D eigenvalue weighted by Gasteiger charge is -2.10. The van der Waals surface area contributed by atoms with Crippen molar-refractivity contribution in [3.63, 3.8) is 0 Å². The zero-order valence-corrected chi connectivity index (χ0v) is 14.0. The molecule has 0 unspecified atom stereocenters. The molecule has 1 fully saturated rings. The Hall–Kier alpha value is -2.42. The summed E-state index contributed by atoms with van der Waals surface area (Å²) in [6.07, 6.45) is 2.02. The summed E-state index contributed by atoms with van der Waals surface area (Å²) in [4.78, 5) is 28.1. The lowest BCUT2D eigenvalue weighted by Crippen LogP contribution is -2.42. The molecule has 1 atom stereocenters. The number of aromatic nitrogens is 2. The molecule has 2 aromatic rings. The molecule has 1 saturated heterocycles. The highest BCUT2D eigenvalue weighted by Gasteiger charge is 2.28. The zero-order valence-electron chi connectivity index (χ0n) is 13.2. The summed E-state index contributed by atoms with van der Waals surface area (Å²) in [5, 5.41) is 5.12. The van der Waals surface area contributed by atoms with Crippen molar-refractivity contribution in [1.82, 2.24) is 20.0 Å². The third kappa shape index (κ3) is 3.56. The van der Waals surface area contributed by atoms with Crippen molar-refractivity contribution in [2.45, 2.75) is 19.4 Å². The highest BCUT2D eigenvalue weighted by Crippen LogP contribution is 2.11. The first-order valence-electron chi connectivity index (χ1n) is 7.57. The number of hydrogen-bond donors (Lipinski definition) is 2. The van der Waals surface area contributed by atoms with E-state index in [0.717, 1.165) is 5.69 Å². The summed E-state index contributed by atoms with van der Waals surface area (Å²) in [7, 11) is -3.05. The van der Waals surface area contributed by atoms with Gasteiger partial charge in [0, 0.05) is 17.9 Å². The van der Waals surface area contributed by atoms with Gasteiger partial charge in [-0.3, -0.25) is 9.59 Å². The van der Waals surface area contributed by atoms with Crippen LogP contribution in [0.1, 0.15) is 22.6 Å². The maximum absolute atomic E-state index is 12.1. The fourth-order valence-electron chi connectivity index (χ4n) is 2.70. The van der Waals surface area contributed by atoms with Crippen LogP contribution in [0, 0.1) is 6.92 Å². The van der Waals surface area contributed by atoms with E-state index in [4.69, 9.17) is 0 Å². The molecule has 3 heterocycles. The Labute approximate surface area is 139 Å². The van der Waals surface area contributed by atoms with Crippen molar-refractivity contribution in [3.05, 3.63) is 35.8 Å². The van der Waals surface area contributed by atoms with E-state index in [2.05, 4.69) is 15.6 Å². The smallest absolute Gasteiger partial charge is 0.271 e. The average Bonchev–Trinajstić information content (AvgIpc) is 3.09. The van der Waals surface area contributed by atoms with E-state index in [-0.39, 0.29) is 29.8 Å². The third-order valence-corrected chi connectivity index (χ3v) is 5.70. The van der Waals surface area contributed by atoms with Crippen molar-refractivity contribution in [1.29, 1.82) is 0 Å². The molecule has 1 aliphatic heterocycles. The van der Waals surface area contributed by atoms with Crippen LogP contribution in [0.15, 0.2) is 24.4 Å². The highest BCUT2D eigenvalue weighted by atomic mass is 32.2. The molecule has 1 aliphatic rings. The molecule has 0 radical (unpaired) electrons. The van der Waals surface area contributed by atoms with Gasteiger partial charge in [-0.1, -0.05) is 6.07 Å². The van der Waals surface area contributed by atoms with E-state index in [0.29, 0.717) is 12.1 Å². The van der Waals surface area contributed by atoms with Crippen molar-refractivity contribution in [2.24, 2.45) is 0 Å². The minimum atomic E-state index is -3.05. The van der Waals surface area contributed by atoms with Gasteiger partial charge in [-0.2, -0.15) is 0 Å². The molecule has 0 aliphatic carbocycles. The second kappa shape index (κ2) is 6.23. The van der Waals surface area contributed by atoms with Crippen LogP contribution in [0.3, 0.4) is 0 Å². The molecular formula is C15H18N4O4S. The number of imidazole rings is 1. The largest absolute Gasteiger partial charge is 0.351 e. The molecule has 0 bridgehead atoms. The fourth-order valence-corrected chi connectivity index (χ4v) is 4.37. The van der Waals surface area contributed by atoms with Crippen molar-refractivity contribution < 1.29 is 18.0 Å². The Morgan fingerprint density at radius 1 is 1.38 bits per heavy atom. The molecule has 2 aromatic heterocycles. The summed E-state index contributed by atoms with van der Waals surface area (Å²) in [5.74, 6) is -0.818.